The molecule has 4 nitrogen and oxygen atoms in total. The third-order valence-electron chi connectivity index (χ3n) is 2.84. The average molecular weight is 219 g/mol. The highest BCUT2D eigenvalue weighted by Crippen LogP contribution is 2.13. The zero-order chi connectivity index (χ0) is 11.4. The summed E-state index contributed by atoms with van der Waals surface area (Å²) in [6.07, 6.45) is 2.39. The lowest BCUT2D eigenvalue weighted by Crippen LogP contribution is -2.38. The van der Waals surface area contributed by atoms with Gasteiger partial charge in [0.2, 0.25) is 5.91 Å². The van der Waals surface area contributed by atoms with E-state index in [1.165, 1.54) is 12.8 Å². The van der Waals surface area contributed by atoms with E-state index in [4.69, 9.17) is 5.73 Å². The van der Waals surface area contributed by atoms with E-state index in [9.17, 15) is 4.79 Å². The molecule has 1 aromatic rings. The molecule has 1 aliphatic rings. The number of piperidine rings is 1. The van der Waals surface area contributed by atoms with Crippen LogP contribution in [0.1, 0.15) is 23.2 Å². The predicted octanol–water partition coefficient (Wildman–Crippen LogP) is 0.949. The molecule has 1 amide bonds. The maximum absolute atomic E-state index is 10.9. The molecular formula is C12H17N3O. The summed E-state index contributed by atoms with van der Waals surface area (Å²) in [5.74, 6) is -0.383. The lowest BCUT2D eigenvalue weighted by molar-refractivity contribution is 0.100. The summed E-state index contributed by atoms with van der Waals surface area (Å²) in [5.41, 5.74) is 6.77. The number of hydrogen-bond donors (Lipinski definition) is 3. The Hall–Kier alpha value is -1.55. The molecule has 4 N–H and O–H groups in total. The highest BCUT2D eigenvalue weighted by molar-refractivity contribution is 5.93. The second-order valence-electron chi connectivity index (χ2n) is 4.13. The van der Waals surface area contributed by atoms with Crippen LogP contribution in [0.3, 0.4) is 0 Å². The summed E-state index contributed by atoms with van der Waals surface area (Å²) in [6.45, 7) is 2.11. The van der Waals surface area contributed by atoms with Crippen LogP contribution in [0.4, 0.5) is 5.69 Å². The van der Waals surface area contributed by atoms with E-state index in [0.29, 0.717) is 11.6 Å². The fraction of sp³-hybridized carbons (Fsp3) is 0.417. The number of nitrogens with one attached hydrogen (secondary N) is 2. The summed E-state index contributed by atoms with van der Waals surface area (Å²) in [6, 6.07) is 7.78. The predicted molar refractivity (Wildman–Crippen MR) is 64.5 cm³/mol. The summed E-state index contributed by atoms with van der Waals surface area (Å²) < 4.78 is 0. The molecule has 0 spiro atoms. The zero-order valence-electron chi connectivity index (χ0n) is 9.20. The second kappa shape index (κ2) is 4.99. The molecule has 86 valence electrons. The number of amides is 1. The van der Waals surface area contributed by atoms with Crippen molar-refractivity contribution in [1.29, 1.82) is 0 Å². The number of primary amides is 1. The van der Waals surface area contributed by atoms with Gasteiger partial charge in [-0.2, -0.15) is 0 Å². The Balaban J connectivity index is 1.96. The van der Waals surface area contributed by atoms with Crippen molar-refractivity contribution in [2.24, 2.45) is 5.73 Å². The molecule has 0 aromatic heterocycles. The number of benzene rings is 1. The van der Waals surface area contributed by atoms with Gasteiger partial charge in [0.1, 0.15) is 0 Å². The number of carbonyl (C=O) groups is 1. The molecule has 1 aliphatic heterocycles. The number of hydrogen-bond acceptors (Lipinski definition) is 3. The van der Waals surface area contributed by atoms with Gasteiger partial charge in [0.25, 0.3) is 0 Å². The summed E-state index contributed by atoms with van der Waals surface area (Å²) in [5, 5.41) is 6.78. The van der Waals surface area contributed by atoms with Crippen LogP contribution in [0.15, 0.2) is 24.3 Å². The van der Waals surface area contributed by atoms with Crippen molar-refractivity contribution in [1.82, 2.24) is 5.32 Å². The van der Waals surface area contributed by atoms with Gasteiger partial charge in [0, 0.05) is 23.8 Å². The van der Waals surface area contributed by atoms with Crippen molar-refractivity contribution >= 4 is 11.6 Å². The van der Waals surface area contributed by atoms with Crippen molar-refractivity contribution in [2.75, 3.05) is 18.4 Å². The van der Waals surface area contributed by atoms with Crippen LogP contribution in [0, 0.1) is 0 Å². The Morgan fingerprint density at radius 2 is 2.12 bits per heavy atom. The monoisotopic (exact) mass is 219 g/mol. The van der Waals surface area contributed by atoms with Gasteiger partial charge in [-0.05, 0) is 43.7 Å². The Kier molecular flexibility index (Phi) is 3.41. The topological polar surface area (TPSA) is 67.2 Å². The van der Waals surface area contributed by atoms with E-state index in [0.717, 1.165) is 18.8 Å². The number of nitrogens with two attached hydrogens (primary N) is 1. The SMILES string of the molecule is NC(=O)c1ccc(NC2CCCNC2)cc1. The van der Waals surface area contributed by atoms with Crippen molar-refractivity contribution in [2.45, 2.75) is 18.9 Å². The van der Waals surface area contributed by atoms with E-state index >= 15 is 0 Å². The number of rotatable bonds is 3. The van der Waals surface area contributed by atoms with Gasteiger partial charge in [-0.1, -0.05) is 0 Å². The van der Waals surface area contributed by atoms with Crippen LogP contribution in [0.25, 0.3) is 0 Å². The molecule has 0 aliphatic carbocycles. The van der Waals surface area contributed by atoms with E-state index in [1.54, 1.807) is 12.1 Å². The third-order valence-corrected chi connectivity index (χ3v) is 2.84. The van der Waals surface area contributed by atoms with Gasteiger partial charge >= 0.3 is 0 Å². The molecule has 1 saturated heterocycles. The minimum absolute atomic E-state index is 0.383. The van der Waals surface area contributed by atoms with Crippen LogP contribution >= 0.6 is 0 Å². The van der Waals surface area contributed by atoms with Gasteiger partial charge in [-0.25, -0.2) is 0 Å². The van der Waals surface area contributed by atoms with Crippen LogP contribution in [0.2, 0.25) is 0 Å². The van der Waals surface area contributed by atoms with E-state index in [2.05, 4.69) is 10.6 Å². The second-order valence-corrected chi connectivity index (χ2v) is 4.13. The lowest BCUT2D eigenvalue weighted by atomic mass is 10.1. The van der Waals surface area contributed by atoms with Crippen molar-refractivity contribution in [3.05, 3.63) is 29.8 Å². The molecule has 2 rings (SSSR count). The largest absolute Gasteiger partial charge is 0.381 e. The average Bonchev–Trinajstić information content (AvgIpc) is 2.31. The molecule has 1 fully saturated rings. The first-order chi connectivity index (χ1) is 7.75. The smallest absolute Gasteiger partial charge is 0.248 e. The zero-order valence-corrected chi connectivity index (χ0v) is 9.20. The standard InChI is InChI=1S/C12H17N3O/c13-12(16)9-3-5-10(6-4-9)15-11-2-1-7-14-8-11/h3-6,11,14-15H,1-2,7-8H2,(H2,13,16). The third kappa shape index (κ3) is 2.73. The minimum atomic E-state index is -0.383. The first kappa shape index (κ1) is 11.0. The maximum atomic E-state index is 10.9. The van der Waals surface area contributed by atoms with Crippen LogP contribution in [-0.2, 0) is 0 Å². The number of carbonyl (C=O) groups excluding carboxylic acids is 1. The van der Waals surface area contributed by atoms with Crippen molar-refractivity contribution < 1.29 is 4.79 Å². The maximum Gasteiger partial charge on any atom is 0.248 e. The summed E-state index contributed by atoms with van der Waals surface area (Å²) in [7, 11) is 0. The first-order valence-electron chi connectivity index (χ1n) is 5.63. The number of anilines is 1. The molecule has 16 heavy (non-hydrogen) atoms. The quantitative estimate of drug-likeness (QED) is 0.709. The van der Waals surface area contributed by atoms with E-state index in [1.807, 2.05) is 12.1 Å². The highest BCUT2D eigenvalue weighted by Gasteiger charge is 2.12. The van der Waals surface area contributed by atoms with Gasteiger partial charge in [-0.15, -0.1) is 0 Å². The minimum Gasteiger partial charge on any atom is -0.381 e. The van der Waals surface area contributed by atoms with Crippen molar-refractivity contribution in [3.63, 3.8) is 0 Å². The lowest BCUT2D eigenvalue weighted by Gasteiger charge is -2.24. The fourth-order valence-electron chi connectivity index (χ4n) is 1.94. The summed E-state index contributed by atoms with van der Waals surface area (Å²) in [4.78, 5) is 10.9. The van der Waals surface area contributed by atoms with Gasteiger partial charge in [0.05, 0.1) is 0 Å². The molecule has 0 radical (unpaired) electrons. The van der Waals surface area contributed by atoms with Gasteiger partial charge in [-0.3, -0.25) is 4.79 Å². The van der Waals surface area contributed by atoms with Crippen LogP contribution in [0.5, 0.6) is 0 Å². The highest BCUT2D eigenvalue weighted by atomic mass is 16.1. The van der Waals surface area contributed by atoms with Crippen LogP contribution < -0.4 is 16.4 Å². The Morgan fingerprint density at radius 1 is 1.38 bits per heavy atom. The van der Waals surface area contributed by atoms with E-state index < -0.39 is 0 Å². The fourth-order valence-corrected chi connectivity index (χ4v) is 1.94. The van der Waals surface area contributed by atoms with Crippen molar-refractivity contribution in [3.8, 4) is 0 Å². The Labute approximate surface area is 95.2 Å². The first-order valence-corrected chi connectivity index (χ1v) is 5.63. The summed E-state index contributed by atoms with van der Waals surface area (Å²) >= 11 is 0. The van der Waals surface area contributed by atoms with Gasteiger partial charge < -0.3 is 16.4 Å². The molecular weight excluding hydrogens is 202 g/mol. The molecule has 1 atom stereocenters. The normalized spacial score (nSPS) is 20.4. The molecule has 0 saturated carbocycles. The Morgan fingerprint density at radius 3 is 2.69 bits per heavy atom. The Bertz CT molecular complexity index is 355. The molecule has 1 unspecified atom stereocenters. The van der Waals surface area contributed by atoms with Crippen LogP contribution in [-0.4, -0.2) is 25.0 Å². The molecule has 0 bridgehead atoms. The molecule has 1 heterocycles. The van der Waals surface area contributed by atoms with Gasteiger partial charge in [0.15, 0.2) is 0 Å². The molecule has 1 aromatic carbocycles. The molecule has 4 heteroatoms. The van der Waals surface area contributed by atoms with E-state index in [-0.39, 0.29) is 5.91 Å².